The summed E-state index contributed by atoms with van der Waals surface area (Å²) in [5.74, 6) is -0.828. The first kappa shape index (κ1) is 24.3. The van der Waals surface area contributed by atoms with Gasteiger partial charge >= 0.3 is 5.97 Å². The van der Waals surface area contributed by atoms with Crippen LogP contribution in [0.25, 0.3) is 0 Å². The van der Waals surface area contributed by atoms with Crippen LogP contribution in [0.4, 0.5) is 0 Å². The molecular weight excluding hydrogens is 436 g/mol. The number of hydrogen-bond acceptors (Lipinski definition) is 8. The average molecular weight is 465 g/mol. The van der Waals surface area contributed by atoms with Gasteiger partial charge in [0.2, 0.25) is 0 Å². The number of ether oxygens (including phenoxy) is 4. The Morgan fingerprint density at radius 2 is 1.50 bits per heavy atom. The van der Waals surface area contributed by atoms with Crippen LogP contribution in [0, 0.1) is 0 Å². The number of benzene rings is 2. The molecule has 2 aromatic rings. The molecule has 1 saturated heterocycles. The number of methoxy groups -OCH3 is 1. The second kappa shape index (κ2) is 11.5. The van der Waals surface area contributed by atoms with Gasteiger partial charge in [-0.25, -0.2) is 4.79 Å². The maximum atomic E-state index is 12.2. The van der Waals surface area contributed by atoms with E-state index in [1.165, 1.54) is 7.11 Å². The van der Waals surface area contributed by atoms with E-state index in [1.807, 2.05) is 60.7 Å². The van der Waals surface area contributed by atoms with E-state index in [-0.39, 0.29) is 13.0 Å². The number of hydrogen-bond donors (Lipinski definition) is 0. The molecule has 0 aromatic heterocycles. The van der Waals surface area contributed by atoms with Crippen molar-refractivity contribution < 1.29 is 36.3 Å². The standard InChI is InChI=1S/C23H28O8S/c1-27-23(24)22(31-32(2,25)26)20-13-19(28-14-17-9-5-3-6-10-17)21(16-30-20)29-15-18-11-7-4-8-12-18/h3-12,19-22H,13-16H2,1-2H3/t19-,20+,21+,22-/m0/s1. The van der Waals surface area contributed by atoms with Crippen LogP contribution in [0.5, 0.6) is 0 Å². The average Bonchev–Trinajstić information content (AvgIpc) is 2.80. The van der Waals surface area contributed by atoms with Crippen molar-refractivity contribution in [1.82, 2.24) is 0 Å². The summed E-state index contributed by atoms with van der Waals surface area (Å²) in [5.41, 5.74) is 1.98. The fourth-order valence-electron chi connectivity index (χ4n) is 3.43. The van der Waals surface area contributed by atoms with Crippen LogP contribution in [0.3, 0.4) is 0 Å². The third kappa shape index (κ3) is 7.39. The van der Waals surface area contributed by atoms with Gasteiger partial charge in [-0.15, -0.1) is 0 Å². The molecule has 1 aliphatic heterocycles. The summed E-state index contributed by atoms with van der Waals surface area (Å²) in [4.78, 5) is 12.2. The lowest BCUT2D eigenvalue weighted by Crippen LogP contribution is -2.51. The third-order valence-electron chi connectivity index (χ3n) is 5.02. The maximum absolute atomic E-state index is 12.2. The Kier molecular flexibility index (Phi) is 8.77. The highest BCUT2D eigenvalue weighted by Gasteiger charge is 2.42. The van der Waals surface area contributed by atoms with Gasteiger partial charge < -0.3 is 18.9 Å². The summed E-state index contributed by atoms with van der Waals surface area (Å²) in [7, 11) is -2.75. The van der Waals surface area contributed by atoms with Gasteiger partial charge in [-0.05, 0) is 11.1 Å². The number of carbonyl (C=O) groups excluding carboxylic acids is 1. The highest BCUT2D eigenvalue weighted by molar-refractivity contribution is 7.86. The van der Waals surface area contributed by atoms with Gasteiger partial charge in [-0.1, -0.05) is 60.7 Å². The predicted molar refractivity (Wildman–Crippen MR) is 116 cm³/mol. The fraction of sp³-hybridized carbons (Fsp3) is 0.435. The van der Waals surface area contributed by atoms with Crippen LogP contribution >= 0.6 is 0 Å². The Morgan fingerprint density at radius 3 is 2.00 bits per heavy atom. The van der Waals surface area contributed by atoms with Gasteiger partial charge in [-0.2, -0.15) is 8.42 Å². The zero-order valence-corrected chi connectivity index (χ0v) is 18.9. The van der Waals surface area contributed by atoms with Gasteiger partial charge in [0, 0.05) is 6.42 Å². The monoisotopic (exact) mass is 464 g/mol. The minimum absolute atomic E-state index is 0.109. The van der Waals surface area contributed by atoms with Gasteiger partial charge in [0.15, 0.2) is 6.10 Å². The summed E-state index contributed by atoms with van der Waals surface area (Å²) >= 11 is 0. The Balaban J connectivity index is 1.72. The van der Waals surface area contributed by atoms with Crippen molar-refractivity contribution in [2.24, 2.45) is 0 Å². The van der Waals surface area contributed by atoms with Crippen LogP contribution in [-0.2, 0) is 51.3 Å². The van der Waals surface area contributed by atoms with Crippen LogP contribution in [0.15, 0.2) is 60.7 Å². The number of esters is 1. The molecule has 1 heterocycles. The summed E-state index contributed by atoms with van der Waals surface area (Å²) in [5, 5.41) is 0. The van der Waals surface area contributed by atoms with Gasteiger partial charge in [0.1, 0.15) is 6.10 Å². The molecule has 4 atom stereocenters. The van der Waals surface area contributed by atoms with Crippen molar-refractivity contribution >= 4 is 16.1 Å². The van der Waals surface area contributed by atoms with Gasteiger partial charge in [0.25, 0.3) is 10.1 Å². The quantitative estimate of drug-likeness (QED) is 0.391. The van der Waals surface area contributed by atoms with Crippen molar-refractivity contribution in [3.05, 3.63) is 71.8 Å². The molecule has 2 aromatic carbocycles. The molecule has 9 heteroatoms. The zero-order valence-electron chi connectivity index (χ0n) is 18.1. The largest absolute Gasteiger partial charge is 0.467 e. The number of carbonyl (C=O) groups is 1. The topological polar surface area (TPSA) is 97.4 Å². The van der Waals surface area contributed by atoms with E-state index in [0.717, 1.165) is 17.4 Å². The molecule has 1 aliphatic rings. The smallest absolute Gasteiger partial charge is 0.339 e. The lowest BCUT2D eigenvalue weighted by molar-refractivity contribution is -0.194. The molecule has 3 rings (SSSR count). The van der Waals surface area contributed by atoms with E-state index in [4.69, 9.17) is 23.1 Å². The summed E-state index contributed by atoms with van der Waals surface area (Å²) in [6.07, 6.45) is -2.08. The molecule has 0 saturated carbocycles. The minimum Gasteiger partial charge on any atom is -0.467 e. The van der Waals surface area contributed by atoms with Gasteiger partial charge in [-0.3, -0.25) is 4.18 Å². The summed E-state index contributed by atoms with van der Waals surface area (Å²) in [6.45, 7) is 0.807. The van der Waals surface area contributed by atoms with E-state index in [1.54, 1.807) is 0 Å². The Labute approximate surface area is 188 Å². The molecule has 8 nitrogen and oxygen atoms in total. The van der Waals surface area contributed by atoms with Crippen molar-refractivity contribution in [2.75, 3.05) is 20.0 Å². The first-order chi connectivity index (χ1) is 15.4. The van der Waals surface area contributed by atoms with Crippen molar-refractivity contribution in [1.29, 1.82) is 0 Å². The molecule has 1 fully saturated rings. The third-order valence-corrected chi connectivity index (χ3v) is 5.57. The van der Waals surface area contributed by atoms with Crippen LogP contribution in [0.1, 0.15) is 17.5 Å². The summed E-state index contributed by atoms with van der Waals surface area (Å²) in [6, 6.07) is 19.4. The molecule has 0 spiro atoms. The van der Waals surface area contributed by atoms with E-state index in [9.17, 15) is 13.2 Å². The van der Waals surface area contributed by atoms with E-state index < -0.39 is 40.5 Å². The second-order valence-corrected chi connectivity index (χ2v) is 9.12. The second-order valence-electron chi connectivity index (χ2n) is 7.52. The normalized spacial score (nSPS) is 22.2. The predicted octanol–water partition coefficient (Wildman–Crippen LogP) is 2.46. The van der Waals surface area contributed by atoms with Crippen molar-refractivity contribution in [3.63, 3.8) is 0 Å². The SMILES string of the molecule is COC(=O)[C@@H](OS(C)(=O)=O)[C@H]1C[C@H](OCc2ccccc2)[C@H](OCc2ccccc2)CO1. The van der Waals surface area contributed by atoms with Crippen molar-refractivity contribution in [3.8, 4) is 0 Å². The molecule has 0 radical (unpaired) electrons. The molecule has 174 valence electrons. The first-order valence-corrected chi connectivity index (χ1v) is 12.1. The lowest BCUT2D eigenvalue weighted by atomic mass is 9.99. The van der Waals surface area contributed by atoms with E-state index >= 15 is 0 Å². The van der Waals surface area contributed by atoms with Crippen LogP contribution in [-0.4, -0.2) is 58.8 Å². The Morgan fingerprint density at radius 1 is 0.969 bits per heavy atom. The van der Waals surface area contributed by atoms with Gasteiger partial charge in [0.05, 0.1) is 45.4 Å². The highest BCUT2D eigenvalue weighted by Crippen LogP contribution is 2.26. The lowest BCUT2D eigenvalue weighted by Gasteiger charge is -2.37. The molecule has 0 aliphatic carbocycles. The highest BCUT2D eigenvalue weighted by atomic mass is 32.2. The Hall–Kier alpha value is -2.30. The maximum Gasteiger partial charge on any atom is 0.339 e. The Bertz CT molecular complexity index is 948. The van der Waals surface area contributed by atoms with Crippen molar-refractivity contribution in [2.45, 2.75) is 44.1 Å². The molecule has 0 N–H and O–H groups in total. The molecule has 0 amide bonds. The van der Waals surface area contributed by atoms with E-state index in [2.05, 4.69) is 0 Å². The molecule has 32 heavy (non-hydrogen) atoms. The first-order valence-electron chi connectivity index (χ1n) is 10.2. The number of rotatable bonds is 10. The molecule has 0 bridgehead atoms. The van der Waals surface area contributed by atoms with Crippen LogP contribution < -0.4 is 0 Å². The fourth-order valence-corrected chi connectivity index (χ4v) is 4.01. The molecule has 0 unspecified atom stereocenters. The van der Waals surface area contributed by atoms with E-state index in [0.29, 0.717) is 13.2 Å². The summed E-state index contributed by atoms with van der Waals surface area (Å²) < 4.78 is 51.1. The van der Waals surface area contributed by atoms with Crippen LogP contribution in [0.2, 0.25) is 0 Å². The molecular formula is C23H28O8S. The zero-order chi connectivity index (χ0) is 23.0. The minimum atomic E-state index is -3.91.